The average Bonchev–Trinajstić information content (AvgIpc) is 2.19. The van der Waals surface area contributed by atoms with E-state index >= 15 is 0 Å². The summed E-state index contributed by atoms with van der Waals surface area (Å²) in [6.45, 7) is 7.45. The fourth-order valence-corrected chi connectivity index (χ4v) is 1.21. The van der Waals surface area contributed by atoms with Gasteiger partial charge in [0.25, 0.3) is 0 Å². The van der Waals surface area contributed by atoms with E-state index in [2.05, 4.69) is 5.32 Å². The molecule has 1 heterocycles. The van der Waals surface area contributed by atoms with E-state index in [4.69, 9.17) is 14.2 Å². The molecule has 0 aromatic heterocycles. The largest absolute Gasteiger partial charge is 0.380 e. The summed E-state index contributed by atoms with van der Waals surface area (Å²) in [5.74, 6) is 0. The van der Waals surface area contributed by atoms with Crippen molar-refractivity contribution in [3.8, 4) is 0 Å². The lowest BCUT2D eigenvalue weighted by Gasteiger charge is -2.23. The van der Waals surface area contributed by atoms with Crippen LogP contribution in [0.2, 0.25) is 0 Å². The molecule has 0 aliphatic carbocycles. The van der Waals surface area contributed by atoms with Crippen LogP contribution in [0.15, 0.2) is 0 Å². The Bertz CT molecular complexity index is 115. The highest BCUT2D eigenvalue weighted by Gasteiger charge is 2.12. The zero-order valence-electron chi connectivity index (χ0n) is 8.25. The Morgan fingerprint density at radius 3 is 3.08 bits per heavy atom. The first-order chi connectivity index (χ1) is 6.43. The molecule has 1 rings (SSSR count). The molecule has 0 amide bonds. The van der Waals surface area contributed by atoms with E-state index in [0.717, 1.165) is 39.5 Å². The first-order valence-electron chi connectivity index (χ1n) is 4.91. The third-order valence-electron chi connectivity index (χ3n) is 1.88. The van der Waals surface area contributed by atoms with Gasteiger partial charge in [0.2, 0.25) is 0 Å². The van der Waals surface area contributed by atoms with Crippen molar-refractivity contribution >= 4 is 0 Å². The third-order valence-corrected chi connectivity index (χ3v) is 1.88. The molecule has 0 radical (unpaired) electrons. The van der Waals surface area contributed by atoms with Gasteiger partial charge in [0.15, 0.2) is 0 Å². The molecule has 4 heteroatoms. The van der Waals surface area contributed by atoms with Gasteiger partial charge in [-0.15, -0.1) is 0 Å². The maximum Gasteiger partial charge on any atom is 0.0933 e. The smallest absolute Gasteiger partial charge is 0.0933 e. The Hall–Kier alpha value is -0.160. The van der Waals surface area contributed by atoms with Crippen LogP contribution in [0.4, 0.5) is 0 Å². The van der Waals surface area contributed by atoms with E-state index in [1.165, 1.54) is 0 Å². The van der Waals surface area contributed by atoms with Crippen molar-refractivity contribution in [2.75, 3.05) is 46.1 Å². The van der Waals surface area contributed by atoms with E-state index < -0.39 is 0 Å². The topological polar surface area (TPSA) is 39.7 Å². The van der Waals surface area contributed by atoms with Crippen LogP contribution >= 0.6 is 0 Å². The number of hydrogen-bond donors (Lipinski definition) is 1. The SMILES string of the molecule is CCOCCNCC1COCCO1. The van der Waals surface area contributed by atoms with Crippen molar-refractivity contribution in [1.29, 1.82) is 0 Å². The number of rotatable bonds is 6. The summed E-state index contributed by atoms with van der Waals surface area (Å²) in [7, 11) is 0. The Labute approximate surface area is 79.5 Å². The fourth-order valence-electron chi connectivity index (χ4n) is 1.21. The van der Waals surface area contributed by atoms with Gasteiger partial charge in [-0.05, 0) is 6.92 Å². The molecule has 1 aliphatic heterocycles. The molecule has 13 heavy (non-hydrogen) atoms. The summed E-state index contributed by atoms with van der Waals surface area (Å²) in [5, 5.41) is 3.26. The monoisotopic (exact) mass is 189 g/mol. The predicted octanol–water partition coefficient (Wildman–Crippen LogP) is 0.0279. The molecule has 1 unspecified atom stereocenters. The van der Waals surface area contributed by atoms with Crippen molar-refractivity contribution in [3.05, 3.63) is 0 Å². The standard InChI is InChI=1S/C9H19NO3/c1-2-11-4-3-10-7-9-8-12-5-6-13-9/h9-10H,2-8H2,1H3. The van der Waals surface area contributed by atoms with Crippen LogP contribution in [0.25, 0.3) is 0 Å². The Morgan fingerprint density at radius 2 is 2.38 bits per heavy atom. The summed E-state index contributed by atoms with van der Waals surface area (Å²) < 4.78 is 15.9. The molecule has 4 nitrogen and oxygen atoms in total. The normalized spacial score (nSPS) is 23.3. The van der Waals surface area contributed by atoms with E-state index in [9.17, 15) is 0 Å². The first-order valence-corrected chi connectivity index (χ1v) is 4.91. The van der Waals surface area contributed by atoms with E-state index in [1.807, 2.05) is 6.92 Å². The summed E-state index contributed by atoms with van der Waals surface area (Å²) in [4.78, 5) is 0. The second-order valence-corrected chi connectivity index (χ2v) is 2.97. The minimum Gasteiger partial charge on any atom is -0.380 e. The van der Waals surface area contributed by atoms with Crippen molar-refractivity contribution < 1.29 is 14.2 Å². The minimum atomic E-state index is 0.218. The van der Waals surface area contributed by atoms with Gasteiger partial charge in [-0.25, -0.2) is 0 Å². The number of hydrogen-bond acceptors (Lipinski definition) is 4. The number of ether oxygens (including phenoxy) is 3. The molecule has 0 spiro atoms. The van der Waals surface area contributed by atoms with E-state index in [0.29, 0.717) is 6.61 Å². The van der Waals surface area contributed by atoms with Crippen molar-refractivity contribution in [2.24, 2.45) is 0 Å². The van der Waals surface area contributed by atoms with Crippen LogP contribution in [0.5, 0.6) is 0 Å². The minimum absolute atomic E-state index is 0.218. The second kappa shape index (κ2) is 7.26. The quantitative estimate of drug-likeness (QED) is 0.598. The number of nitrogens with one attached hydrogen (secondary N) is 1. The summed E-state index contributed by atoms with van der Waals surface area (Å²) >= 11 is 0. The second-order valence-electron chi connectivity index (χ2n) is 2.97. The van der Waals surface area contributed by atoms with E-state index in [1.54, 1.807) is 0 Å². The zero-order chi connectivity index (χ0) is 9.36. The molecule has 0 aromatic rings. The summed E-state index contributed by atoms with van der Waals surface area (Å²) in [6, 6.07) is 0. The van der Waals surface area contributed by atoms with Crippen molar-refractivity contribution in [1.82, 2.24) is 5.32 Å². The molecule has 0 saturated carbocycles. The molecular weight excluding hydrogens is 170 g/mol. The molecule has 1 atom stereocenters. The predicted molar refractivity (Wildman–Crippen MR) is 49.9 cm³/mol. The molecule has 1 fully saturated rings. The highest BCUT2D eigenvalue weighted by molar-refractivity contribution is 4.63. The maximum atomic E-state index is 5.46. The molecule has 0 bridgehead atoms. The van der Waals surface area contributed by atoms with Crippen LogP contribution in [-0.2, 0) is 14.2 Å². The van der Waals surface area contributed by atoms with Crippen LogP contribution in [0.1, 0.15) is 6.92 Å². The lowest BCUT2D eigenvalue weighted by Crippen LogP contribution is -2.38. The lowest BCUT2D eigenvalue weighted by atomic mass is 10.3. The summed E-state index contributed by atoms with van der Waals surface area (Å²) in [6.07, 6.45) is 0.218. The molecule has 1 aliphatic rings. The van der Waals surface area contributed by atoms with Crippen molar-refractivity contribution in [3.63, 3.8) is 0 Å². The average molecular weight is 189 g/mol. The van der Waals surface area contributed by atoms with Crippen LogP contribution in [0, 0.1) is 0 Å². The molecular formula is C9H19NO3. The Kier molecular flexibility index (Phi) is 6.10. The molecule has 1 N–H and O–H groups in total. The lowest BCUT2D eigenvalue weighted by molar-refractivity contribution is -0.0865. The molecule has 1 saturated heterocycles. The van der Waals surface area contributed by atoms with Crippen molar-refractivity contribution in [2.45, 2.75) is 13.0 Å². The van der Waals surface area contributed by atoms with Crippen LogP contribution < -0.4 is 5.32 Å². The highest BCUT2D eigenvalue weighted by Crippen LogP contribution is 1.98. The maximum absolute atomic E-state index is 5.46. The Balaban J connectivity index is 1.86. The Morgan fingerprint density at radius 1 is 1.46 bits per heavy atom. The fraction of sp³-hybridized carbons (Fsp3) is 1.00. The zero-order valence-corrected chi connectivity index (χ0v) is 8.25. The van der Waals surface area contributed by atoms with Gasteiger partial charge in [-0.3, -0.25) is 0 Å². The van der Waals surface area contributed by atoms with Crippen LogP contribution in [0.3, 0.4) is 0 Å². The van der Waals surface area contributed by atoms with Gasteiger partial charge in [0.05, 0.1) is 32.5 Å². The summed E-state index contributed by atoms with van der Waals surface area (Å²) in [5.41, 5.74) is 0. The van der Waals surface area contributed by atoms with Gasteiger partial charge in [-0.2, -0.15) is 0 Å². The van der Waals surface area contributed by atoms with E-state index in [-0.39, 0.29) is 6.10 Å². The first kappa shape index (κ1) is 10.9. The van der Waals surface area contributed by atoms with Gasteiger partial charge < -0.3 is 19.5 Å². The highest BCUT2D eigenvalue weighted by atomic mass is 16.6. The third kappa shape index (κ3) is 5.21. The molecule has 0 aromatic carbocycles. The van der Waals surface area contributed by atoms with Gasteiger partial charge in [0, 0.05) is 19.7 Å². The van der Waals surface area contributed by atoms with Gasteiger partial charge in [-0.1, -0.05) is 0 Å². The van der Waals surface area contributed by atoms with Gasteiger partial charge in [0.1, 0.15) is 0 Å². The molecule has 78 valence electrons. The van der Waals surface area contributed by atoms with Gasteiger partial charge >= 0.3 is 0 Å². The van der Waals surface area contributed by atoms with Crippen LogP contribution in [-0.4, -0.2) is 52.2 Å².